The Kier molecular flexibility index (Phi) is 8.24. The number of hydrogen-bond donors (Lipinski definition) is 2. The third kappa shape index (κ3) is 8.40. The summed E-state index contributed by atoms with van der Waals surface area (Å²) in [5.41, 5.74) is 0. The molecule has 0 radical (unpaired) electrons. The molecule has 0 amide bonds. The van der Waals surface area contributed by atoms with Gasteiger partial charge in [-0.3, -0.25) is 9.89 Å². The lowest BCUT2D eigenvalue weighted by atomic mass is 10.3. The van der Waals surface area contributed by atoms with Gasteiger partial charge in [0.05, 0.1) is 6.54 Å². The normalized spacial score (nSPS) is 20.8. The zero-order chi connectivity index (χ0) is 15.7. The van der Waals surface area contributed by atoms with Gasteiger partial charge in [-0.1, -0.05) is 0 Å². The summed E-state index contributed by atoms with van der Waals surface area (Å²) in [6.07, 6.45) is -0.347. The van der Waals surface area contributed by atoms with Crippen LogP contribution in [-0.4, -0.2) is 67.8 Å². The SMILES string of the molecule is CCNC(=NCCCSC)NC1CCN(CC(F)(F)F)C1. The van der Waals surface area contributed by atoms with Gasteiger partial charge in [0.15, 0.2) is 5.96 Å². The number of hydrogen-bond acceptors (Lipinski definition) is 3. The fourth-order valence-electron chi connectivity index (χ4n) is 2.26. The van der Waals surface area contributed by atoms with Crippen LogP contribution in [0.2, 0.25) is 0 Å². The second-order valence-corrected chi connectivity index (χ2v) is 6.07. The number of aliphatic imine (C=N–C) groups is 1. The van der Waals surface area contributed by atoms with E-state index in [1.165, 1.54) is 4.90 Å². The third-order valence-corrected chi connectivity index (χ3v) is 3.83. The molecule has 1 rings (SSSR count). The van der Waals surface area contributed by atoms with Crippen LogP contribution >= 0.6 is 11.8 Å². The molecule has 2 N–H and O–H groups in total. The molecule has 1 aliphatic heterocycles. The Bertz CT molecular complexity index is 323. The molecule has 1 fully saturated rings. The van der Waals surface area contributed by atoms with Gasteiger partial charge in [-0.15, -0.1) is 0 Å². The molecule has 1 heterocycles. The van der Waals surface area contributed by atoms with Gasteiger partial charge in [-0.25, -0.2) is 0 Å². The van der Waals surface area contributed by atoms with Gasteiger partial charge in [0.25, 0.3) is 0 Å². The predicted octanol–water partition coefficient (Wildman–Crippen LogP) is 1.93. The summed E-state index contributed by atoms with van der Waals surface area (Å²) in [6.45, 7) is 3.51. The Morgan fingerprint density at radius 3 is 2.81 bits per heavy atom. The van der Waals surface area contributed by atoms with E-state index < -0.39 is 12.7 Å². The number of likely N-dealkylation sites (tertiary alicyclic amines) is 1. The number of nitrogens with one attached hydrogen (secondary N) is 2. The van der Waals surface area contributed by atoms with Crippen molar-refractivity contribution in [2.75, 3.05) is 44.7 Å². The molecule has 1 atom stereocenters. The number of guanidine groups is 1. The number of alkyl halides is 3. The molecule has 1 aliphatic rings. The van der Waals surface area contributed by atoms with Gasteiger partial charge in [-0.2, -0.15) is 24.9 Å². The molecule has 1 saturated heterocycles. The standard InChI is InChI=1S/C13H25F3N4S/c1-3-17-12(18-6-4-8-21-2)19-11-5-7-20(9-11)10-13(14,15)16/h11H,3-10H2,1-2H3,(H2,17,18,19). The van der Waals surface area contributed by atoms with E-state index >= 15 is 0 Å². The molecule has 124 valence electrons. The minimum absolute atomic E-state index is 0.0331. The molecule has 0 bridgehead atoms. The highest BCUT2D eigenvalue weighted by Gasteiger charge is 2.34. The van der Waals surface area contributed by atoms with E-state index in [9.17, 15) is 13.2 Å². The molecule has 4 nitrogen and oxygen atoms in total. The van der Waals surface area contributed by atoms with E-state index in [0.717, 1.165) is 25.3 Å². The smallest absolute Gasteiger partial charge is 0.357 e. The Balaban J connectivity index is 2.38. The fourth-order valence-corrected chi connectivity index (χ4v) is 2.68. The maximum atomic E-state index is 12.4. The first-order valence-corrected chi connectivity index (χ1v) is 8.67. The Morgan fingerprint density at radius 2 is 2.19 bits per heavy atom. The zero-order valence-corrected chi connectivity index (χ0v) is 13.5. The van der Waals surface area contributed by atoms with E-state index in [2.05, 4.69) is 21.9 Å². The van der Waals surface area contributed by atoms with Crippen molar-refractivity contribution in [1.29, 1.82) is 0 Å². The first-order chi connectivity index (χ1) is 9.94. The first kappa shape index (κ1) is 18.4. The summed E-state index contributed by atoms with van der Waals surface area (Å²) in [5, 5.41) is 6.37. The van der Waals surface area contributed by atoms with Crippen molar-refractivity contribution in [3.8, 4) is 0 Å². The summed E-state index contributed by atoms with van der Waals surface area (Å²) < 4.78 is 37.1. The van der Waals surface area contributed by atoms with Crippen molar-refractivity contribution >= 4 is 17.7 Å². The van der Waals surface area contributed by atoms with Gasteiger partial charge < -0.3 is 10.6 Å². The molecule has 0 spiro atoms. The molecule has 21 heavy (non-hydrogen) atoms. The van der Waals surface area contributed by atoms with Crippen molar-refractivity contribution in [2.24, 2.45) is 4.99 Å². The highest BCUT2D eigenvalue weighted by molar-refractivity contribution is 7.98. The van der Waals surface area contributed by atoms with Crippen LogP contribution in [0.5, 0.6) is 0 Å². The van der Waals surface area contributed by atoms with Crippen molar-refractivity contribution in [2.45, 2.75) is 32.0 Å². The van der Waals surface area contributed by atoms with Gasteiger partial charge in [0.1, 0.15) is 0 Å². The molecule has 8 heteroatoms. The van der Waals surface area contributed by atoms with Crippen LogP contribution in [0.4, 0.5) is 13.2 Å². The van der Waals surface area contributed by atoms with Gasteiger partial charge in [0.2, 0.25) is 0 Å². The molecule has 1 unspecified atom stereocenters. The molecular weight excluding hydrogens is 301 g/mol. The third-order valence-electron chi connectivity index (χ3n) is 3.14. The van der Waals surface area contributed by atoms with E-state index in [-0.39, 0.29) is 6.04 Å². The van der Waals surface area contributed by atoms with E-state index in [1.807, 2.05) is 6.92 Å². The summed E-state index contributed by atoms with van der Waals surface area (Å²) in [7, 11) is 0. The van der Waals surface area contributed by atoms with Crippen LogP contribution in [0.25, 0.3) is 0 Å². The van der Waals surface area contributed by atoms with Gasteiger partial charge in [-0.05, 0) is 31.8 Å². The number of nitrogens with zero attached hydrogens (tertiary/aromatic N) is 2. The number of rotatable bonds is 7. The molecule has 0 aromatic carbocycles. The molecule has 0 aliphatic carbocycles. The lowest BCUT2D eigenvalue weighted by Crippen LogP contribution is -2.45. The Hall–Kier alpha value is -0.630. The number of halogens is 3. The predicted molar refractivity (Wildman–Crippen MR) is 83.0 cm³/mol. The van der Waals surface area contributed by atoms with Crippen LogP contribution in [0.1, 0.15) is 19.8 Å². The van der Waals surface area contributed by atoms with Gasteiger partial charge in [0, 0.05) is 32.2 Å². The molecule has 0 aromatic rings. The monoisotopic (exact) mass is 326 g/mol. The van der Waals surface area contributed by atoms with Crippen LogP contribution in [0.3, 0.4) is 0 Å². The van der Waals surface area contributed by atoms with Crippen molar-refractivity contribution in [3.05, 3.63) is 0 Å². The zero-order valence-electron chi connectivity index (χ0n) is 12.7. The van der Waals surface area contributed by atoms with Crippen LogP contribution < -0.4 is 10.6 Å². The highest BCUT2D eigenvalue weighted by atomic mass is 32.2. The van der Waals surface area contributed by atoms with Crippen LogP contribution in [0.15, 0.2) is 4.99 Å². The summed E-state index contributed by atoms with van der Waals surface area (Å²) in [4.78, 5) is 5.89. The summed E-state index contributed by atoms with van der Waals surface area (Å²) >= 11 is 1.78. The van der Waals surface area contributed by atoms with E-state index in [1.54, 1.807) is 11.8 Å². The van der Waals surface area contributed by atoms with Crippen LogP contribution in [-0.2, 0) is 0 Å². The van der Waals surface area contributed by atoms with Crippen molar-refractivity contribution in [3.63, 3.8) is 0 Å². The average molecular weight is 326 g/mol. The molecule has 0 aromatic heterocycles. The van der Waals surface area contributed by atoms with E-state index in [0.29, 0.717) is 25.5 Å². The van der Waals surface area contributed by atoms with E-state index in [4.69, 9.17) is 0 Å². The first-order valence-electron chi connectivity index (χ1n) is 7.27. The minimum atomic E-state index is -4.12. The second-order valence-electron chi connectivity index (χ2n) is 5.09. The summed E-state index contributed by atoms with van der Waals surface area (Å²) in [6, 6.07) is 0.0331. The average Bonchev–Trinajstić information content (AvgIpc) is 2.79. The Labute approximate surface area is 128 Å². The second kappa shape index (κ2) is 9.40. The maximum absolute atomic E-state index is 12.4. The minimum Gasteiger partial charge on any atom is -0.357 e. The number of thioether (sulfide) groups is 1. The Morgan fingerprint density at radius 1 is 1.43 bits per heavy atom. The van der Waals surface area contributed by atoms with Crippen molar-refractivity contribution in [1.82, 2.24) is 15.5 Å². The largest absolute Gasteiger partial charge is 0.401 e. The van der Waals surface area contributed by atoms with Crippen molar-refractivity contribution < 1.29 is 13.2 Å². The molecular formula is C13H25F3N4S. The lowest BCUT2D eigenvalue weighted by Gasteiger charge is -2.19. The summed E-state index contributed by atoms with van der Waals surface area (Å²) in [5.74, 6) is 1.77. The maximum Gasteiger partial charge on any atom is 0.401 e. The fraction of sp³-hybridized carbons (Fsp3) is 0.923. The van der Waals surface area contributed by atoms with Gasteiger partial charge >= 0.3 is 6.18 Å². The highest BCUT2D eigenvalue weighted by Crippen LogP contribution is 2.19. The quantitative estimate of drug-likeness (QED) is 0.426. The molecule has 0 saturated carbocycles. The lowest BCUT2D eigenvalue weighted by molar-refractivity contribution is -0.143. The topological polar surface area (TPSA) is 39.7 Å². The van der Waals surface area contributed by atoms with Crippen LogP contribution in [0, 0.1) is 0 Å².